The molecule has 140 valence electrons. The molecule has 2 aromatic rings. The van der Waals surface area contributed by atoms with Crippen molar-refractivity contribution in [1.82, 2.24) is 0 Å². The Labute approximate surface area is 153 Å². The average Bonchev–Trinajstić information content (AvgIpc) is 2.64. The summed E-state index contributed by atoms with van der Waals surface area (Å²) in [6.45, 7) is 0.436. The van der Waals surface area contributed by atoms with E-state index in [2.05, 4.69) is 0 Å². The minimum absolute atomic E-state index is 0.0558. The van der Waals surface area contributed by atoms with Crippen LogP contribution in [0.4, 0.5) is 11.4 Å². The van der Waals surface area contributed by atoms with E-state index < -0.39 is 6.10 Å². The van der Waals surface area contributed by atoms with Crippen molar-refractivity contribution < 1.29 is 19.9 Å². The van der Waals surface area contributed by atoms with E-state index in [-0.39, 0.29) is 12.0 Å². The molecule has 0 bridgehead atoms. The number of hydrogen-bond acceptors (Lipinski definition) is 6. The lowest BCUT2D eigenvalue weighted by molar-refractivity contribution is -0.341. The Hall–Kier alpha value is -2.12. The largest absolute Gasteiger partial charge is 0.399 e. The molecule has 0 saturated heterocycles. The maximum Gasteiger partial charge on any atom is 0.121 e. The second-order valence-corrected chi connectivity index (χ2v) is 6.84. The highest BCUT2D eigenvalue weighted by atomic mass is 17.2. The van der Waals surface area contributed by atoms with Gasteiger partial charge >= 0.3 is 0 Å². The van der Waals surface area contributed by atoms with Gasteiger partial charge < -0.3 is 11.5 Å². The zero-order valence-electron chi connectivity index (χ0n) is 14.7. The molecule has 1 unspecified atom stereocenters. The first kappa shape index (κ1) is 18.7. The maximum absolute atomic E-state index is 9.41. The van der Waals surface area contributed by atoms with Crippen molar-refractivity contribution in [2.24, 2.45) is 5.92 Å². The van der Waals surface area contributed by atoms with Crippen molar-refractivity contribution in [2.45, 2.75) is 44.5 Å². The van der Waals surface area contributed by atoms with Crippen LogP contribution in [-0.2, 0) is 21.3 Å². The lowest BCUT2D eigenvalue weighted by Crippen LogP contribution is -2.26. The lowest BCUT2D eigenvalue weighted by atomic mass is 9.81. The van der Waals surface area contributed by atoms with E-state index >= 15 is 0 Å². The number of nitrogen functional groups attached to an aromatic ring is 2. The molecule has 1 aliphatic carbocycles. The van der Waals surface area contributed by atoms with Gasteiger partial charge in [0.2, 0.25) is 0 Å². The monoisotopic (exact) mass is 358 g/mol. The smallest absolute Gasteiger partial charge is 0.121 e. The first-order valence-corrected chi connectivity index (χ1v) is 8.94. The van der Waals surface area contributed by atoms with Crippen LogP contribution in [0.5, 0.6) is 0 Å². The van der Waals surface area contributed by atoms with Gasteiger partial charge in [-0.05, 0) is 60.9 Å². The normalized spacial score (nSPS) is 21.4. The minimum Gasteiger partial charge on any atom is -0.399 e. The van der Waals surface area contributed by atoms with Crippen molar-refractivity contribution in [1.29, 1.82) is 0 Å². The topological polar surface area (TPSA) is 100.0 Å². The summed E-state index contributed by atoms with van der Waals surface area (Å²) in [4.78, 5) is 15.7. The standard InChI is InChI=1S/C20H26N2O4/c21-17-10-16(11-18(22)12-17)20(25-23)15-6-8-19(9-7-15)26-24-13-14-4-2-1-3-5-14/h1-5,10-12,15,19-20,23H,6-9,13,21-22H2. The predicted molar refractivity (Wildman–Crippen MR) is 99.8 cm³/mol. The fourth-order valence-corrected chi connectivity index (χ4v) is 3.55. The highest BCUT2D eigenvalue weighted by molar-refractivity contribution is 5.54. The Kier molecular flexibility index (Phi) is 6.46. The first-order valence-electron chi connectivity index (χ1n) is 8.94. The summed E-state index contributed by atoms with van der Waals surface area (Å²) in [5.74, 6) is 0.176. The molecule has 5 N–H and O–H groups in total. The molecule has 1 fully saturated rings. The summed E-state index contributed by atoms with van der Waals surface area (Å²) in [5, 5.41) is 9.41. The van der Waals surface area contributed by atoms with Gasteiger partial charge in [-0.2, -0.15) is 0 Å². The van der Waals surface area contributed by atoms with Crippen LogP contribution in [0.2, 0.25) is 0 Å². The quantitative estimate of drug-likeness (QED) is 0.392. The van der Waals surface area contributed by atoms with Crippen molar-refractivity contribution in [2.75, 3.05) is 11.5 Å². The van der Waals surface area contributed by atoms with Crippen LogP contribution in [0.3, 0.4) is 0 Å². The molecule has 1 aliphatic rings. The summed E-state index contributed by atoms with van der Waals surface area (Å²) in [6.07, 6.45) is 3.03. The van der Waals surface area contributed by atoms with E-state index in [0.29, 0.717) is 18.0 Å². The van der Waals surface area contributed by atoms with E-state index in [1.54, 1.807) is 18.2 Å². The number of benzene rings is 2. The SMILES string of the molecule is Nc1cc(N)cc(C(OO)C2CCC(OOCc3ccccc3)CC2)c1. The molecule has 0 radical (unpaired) electrons. The predicted octanol–water partition coefficient (Wildman–Crippen LogP) is 4.09. The van der Waals surface area contributed by atoms with Crippen LogP contribution >= 0.6 is 0 Å². The van der Waals surface area contributed by atoms with Gasteiger partial charge in [0.1, 0.15) is 12.7 Å². The van der Waals surface area contributed by atoms with Gasteiger partial charge in [-0.25, -0.2) is 14.7 Å². The molecule has 0 amide bonds. The average molecular weight is 358 g/mol. The second-order valence-electron chi connectivity index (χ2n) is 6.84. The van der Waals surface area contributed by atoms with Crippen LogP contribution in [0.25, 0.3) is 0 Å². The van der Waals surface area contributed by atoms with E-state index in [9.17, 15) is 5.26 Å². The fourth-order valence-electron chi connectivity index (χ4n) is 3.55. The summed E-state index contributed by atoms with van der Waals surface area (Å²) < 4.78 is 0. The van der Waals surface area contributed by atoms with Gasteiger partial charge in [-0.1, -0.05) is 30.3 Å². The van der Waals surface area contributed by atoms with Gasteiger partial charge in [-0.3, -0.25) is 5.26 Å². The zero-order chi connectivity index (χ0) is 18.4. The Morgan fingerprint density at radius 2 is 1.62 bits per heavy atom. The molecular weight excluding hydrogens is 332 g/mol. The zero-order valence-corrected chi connectivity index (χ0v) is 14.7. The Bertz CT molecular complexity index is 667. The van der Waals surface area contributed by atoms with Gasteiger partial charge in [0.05, 0.1) is 6.10 Å². The number of anilines is 2. The molecule has 0 heterocycles. The van der Waals surface area contributed by atoms with Gasteiger partial charge in [0.15, 0.2) is 0 Å². The lowest BCUT2D eigenvalue weighted by Gasteiger charge is -2.31. The summed E-state index contributed by atoms with van der Waals surface area (Å²) in [6, 6.07) is 15.2. The molecule has 2 aromatic carbocycles. The summed E-state index contributed by atoms with van der Waals surface area (Å²) in [5.41, 5.74) is 14.7. The van der Waals surface area contributed by atoms with Crippen molar-refractivity contribution >= 4 is 11.4 Å². The van der Waals surface area contributed by atoms with Crippen molar-refractivity contribution in [3.8, 4) is 0 Å². The number of hydrogen-bond donors (Lipinski definition) is 3. The molecule has 0 aliphatic heterocycles. The summed E-state index contributed by atoms with van der Waals surface area (Å²) in [7, 11) is 0. The fraction of sp³-hybridized carbons (Fsp3) is 0.400. The highest BCUT2D eigenvalue weighted by Gasteiger charge is 2.31. The summed E-state index contributed by atoms with van der Waals surface area (Å²) >= 11 is 0. The van der Waals surface area contributed by atoms with E-state index in [1.165, 1.54) is 0 Å². The van der Waals surface area contributed by atoms with Gasteiger partial charge in [0.25, 0.3) is 0 Å². The maximum atomic E-state index is 9.41. The van der Waals surface area contributed by atoms with Crippen molar-refractivity contribution in [3.63, 3.8) is 0 Å². The third kappa shape index (κ3) is 4.95. The third-order valence-corrected chi connectivity index (χ3v) is 4.86. The van der Waals surface area contributed by atoms with Crippen LogP contribution in [0.15, 0.2) is 48.5 Å². The van der Waals surface area contributed by atoms with Crippen LogP contribution in [-0.4, -0.2) is 11.4 Å². The molecule has 6 heteroatoms. The molecule has 0 aromatic heterocycles. The number of nitrogens with two attached hydrogens (primary N) is 2. The van der Waals surface area contributed by atoms with E-state index in [1.807, 2.05) is 30.3 Å². The molecule has 26 heavy (non-hydrogen) atoms. The molecular formula is C20H26N2O4. The molecule has 0 spiro atoms. The second kappa shape index (κ2) is 9.00. The van der Waals surface area contributed by atoms with E-state index in [4.69, 9.17) is 26.1 Å². The number of rotatable bonds is 7. The molecule has 3 rings (SSSR count). The minimum atomic E-state index is -0.438. The Balaban J connectivity index is 1.49. The molecule has 6 nitrogen and oxygen atoms in total. The first-order chi connectivity index (χ1) is 12.7. The van der Waals surface area contributed by atoms with Crippen LogP contribution in [0.1, 0.15) is 42.9 Å². The van der Waals surface area contributed by atoms with E-state index in [0.717, 1.165) is 36.8 Å². The molecule has 1 atom stereocenters. The Morgan fingerprint density at radius 1 is 0.962 bits per heavy atom. The van der Waals surface area contributed by atoms with Gasteiger partial charge in [0, 0.05) is 11.4 Å². The highest BCUT2D eigenvalue weighted by Crippen LogP contribution is 2.38. The van der Waals surface area contributed by atoms with Gasteiger partial charge in [-0.15, -0.1) is 0 Å². The van der Waals surface area contributed by atoms with Crippen LogP contribution < -0.4 is 11.5 Å². The third-order valence-electron chi connectivity index (χ3n) is 4.86. The Morgan fingerprint density at radius 3 is 2.23 bits per heavy atom. The molecule has 1 saturated carbocycles. The van der Waals surface area contributed by atoms with Crippen LogP contribution in [0, 0.1) is 5.92 Å². The van der Waals surface area contributed by atoms with Crippen molar-refractivity contribution in [3.05, 3.63) is 59.7 Å².